The van der Waals surface area contributed by atoms with Crippen molar-refractivity contribution < 1.29 is 47.2 Å². The van der Waals surface area contributed by atoms with Crippen LogP contribution in [0.1, 0.15) is 35.4 Å². The number of fused-ring (bicyclic) bond motifs is 9. The molecule has 24 heteroatoms. The molecule has 9 N–H and O–H groups in total. The van der Waals surface area contributed by atoms with Crippen LogP contribution >= 0.6 is 15.6 Å². The third-order valence-electron chi connectivity index (χ3n) is 12.7. The molecule has 0 radical (unpaired) electrons. The van der Waals surface area contributed by atoms with Gasteiger partial charge < -0.3 is 39.9 Å². The molecule has 1 unspecified atom stereocenters. The van der Waals surface area contributed by atoms with Crippen LogP contribution in [-0.4, -0.2) is 88.0 Å². The highest BCUT2D eigenvalue weighted by molar-refractivity contribution is 7.47. The van der Waals surface area contributed by atoms with Crippen LogP contribution in [0.2, 0.25) is 0 Å². The summed E-state index contributed by atoms with van der Waals surface area (Å²) in [5, 5.41) is 10.3. The number of hydrogen-bond acceptors (Lipinski definition) is 15. The number of nitrogen functional groups attached to an aromatic ring is 1. The Morgan fingerprint density at radius 1 is 0.658 bits per heavy atom. The zero-order valence-corrected chi connectivity index (χ0v) is 41.1. The van der Waals surface area contributed by atoms with E-state index in [9.17, 15) is 33.7 Å². The molecule has 22 nitrogen and oxygen atoms in total. The monoisotopic (exact) mass is 1060 g/mol. The van der Waals surface area contributed by atoms with Crippen molar-refractivity contribution in [2.24, 2.45) is 0 Å². The normalized spacial score (nSPS) is 17.1. The molecule has 0 saturated carbocycles. The smallest absolute Gasteiger partial charge is 0.508 e. The van der Waals surface area contributed by atoms with Gasteiger partial charge in [0, 0.05) is 52.1 Å². The van der Waals surface area contributed by atoms with Crippen LogP contribution in [0.3, 0.4) is 0 Å². The summed E-state index contributed by atoms with van der Waals surface area (Å²) in [5.74, 6) is -0.166. The lowest BCUT2D eigenvalue weighted by atomic mass is 10.0. The number of nitrogens with one attached hydrogen (secondary N) is 3. The number of H-pyrrole nitrogens is 3. The first-order valence-electron chi connectivity index (χ1n) is 23.4. The first kappa shape index (κ1) is 48.3. The number of hydrogen-bond donors (Lipinski definition) is 8. The predicted octanol–water partition coefficient (Wildman–Crippen LogP) is 8.80. The van der Waals surface area contributed by atoms with E-state index in [0.29, 0.717) is 56.3 Å². The molecule has 0 amide bonds. The molecular formula is C52H41N11O11P2. The summed E-state index contributed by atoms with van der Waals surface area (Å²) in [4.78, 5) is 80.7. The van der Waals surface area contributed by atoms with Crippen LogP contribution in [-0.2, 0) is 22.9 Å². The largest absolute Gasteiger partial charge is 0.527 e. The molecule has 3 aliphatic heterocycles. The number of aromatic nitrogens is 10. The number of rotatable bonds is 12. The summed E-state index contributed by atoms with van der Waals surface area (Å²) in [6.07, 6.45) is 8.45. The number of nitrogens with zero attached hydrogens (tertiary/aromatic N) is 7. The fraction of sp³-hybridized carbons (Fsp3) is 0.0962. The molecule has 3 aliphatic rings. The van der Waals surface area contributed by atoms with Gasteiger partial charge >= 0.3 is 15.6 Å². The molecule has 10 heterocycles. The highest BCUT2D eigenvalue weighted by Crippen LogP contribution is 2.48. The number of phenolic OH excluding ortho intramolecular Hbond substituents is 1. The molecule has 76 heavy (non-hydrogen) atoms. The van der Waals surface area contributed by atoms with E-state index in [2.05, 4.69) is 24.9 Å². The number of benzene rings is 2. The summed E-state index contributed by atoms with van der Waals surface area (Å²) >= 11 is 0. The number of aromatic hydroxyl groups is 1. The summed E-state index contributed by atoms with van der Waals surface area (Å²) in [6, 6.07) is 32.4. The number of imidazole rings is 1. The van der Waals surface area contributed by atoms with Gasteiger partial charge in [-0.1, -0.05) is 36.4 Å². The fourth-order valence-corrected chi connectivity index (χ4v) is 10.8. The van der Waals surface area contributed by atoms with Gasteiger partial charge in [0.2, 0.25) is 5.95 Å². The Bertz CT molecular complexity index is 4140. The molecular weight excluding hydrogens is 1020 g/mol. The summed E-state index contributed by atoms with van der Waals surface area (Å²) in [7, 11) is -10.1. The number of ether oxygens (including phenoxy) is 1. The average molecular weight is 1060 g/mol. The molecule has 0 aliphatic carbocycles. The Kier molecular flexibility index (Phi) is 12.2. The highest BCUT2D eigenvalue weighted by atomic mass is 31.2. The summed E-state index contributed by atoms with van der Waals surface area (Å²) < 4.78 is 48.8. The number of aromatic amines is 3. The number of phenols is 1. The Labute approximate surface area is 428 Å². The lowest BCUT2D eigenvalue weighted by molar-refractivity contribution is -0.0413. The van der Waals surface area contributed by atoms with E-state index in [1.807, 2.05) is 97.1 Å². The maximum Gasteiger partial charge on any atom is 0.527 e. The van der Waals surface area contributed by atoms with Gasteiger partial charge in [0.15, 0.2) is 11.2 Å². The van der Waals surface area contributed by atoms with Crippen molar-refractivity contribution >= 4 is 79.1 Å². The van der Waals surface area contributed by atoms with E-state index in [1.54, 1.807) is 36.7 Å². The summed E-state index contributed by atoms with van der Waals surface area (Å²) in [6.45, 7) is -0.719. The number of pyridine rings is 2. The van der Waals surface area contributed by atoms with Gasteiger partial charge in [-0.05, 0) is 108 Å². The zero-order valence-electron chi connectivity index (χ0n) is 39.3. The Balaban J connectivity index is 0.934. The van der Waals surface area contributed by atoms with Gasteiger partial charge in [-0.15, -0.1) is 0 Å². The van der Waals surface area contributed by atoms with Crippen LogP contribution in [0, 0.1) is 0 Å². The van der Waals surface area contributed by atoms with E-state index >= 15 is 0 Å². The average Bonchev–Trinajstić information content (AvgIpc) is 4.29. The van der Waals surface area contributed by atoms with Crippen LogP contribution in [0.4, 0.5) is 5.95 Å². The maximum absolute atomic E-state index is 13.6. The van der Waals surface area contributed by atoms with Crippen LogP contribution in [0.5, 0.6) is 11.5 Å². The van der Waals surface area contributed by atoms with Crippen molar-refractivity contribution in [2.75, 3.05) is 12.3 Å². The molecule has 8 bridgehead atoms. The van der Waals surface area contributed by atoms with E-state index in [1.165, 1.54) is 23.0 Å². The first-order valence-corrected chi connectivity index (χ1v) is 26.4. The van der Waals surface area contributed by atoms with Gasteiger partial charge in [0.25, 0.3) is 5.56 Å². The van der Waals surface area contributed by atoms with Gasteiger partial charge in [-0.3, -0.25) is 38.3 Å². The molecule has 2 aromatic carbocycles. The maximum atomic E-state index is 13.6. The molecule has 9 aromatic rings. The van der Waals surface area contributed by atoms with Crippen LogP contribution in [0.15, 0.2) is 133 Å². The zero-order chi connectivity index (χ0) is 52.3. The molecule has 380 valence electrons. The number of phosphoric acid groups is 2. The summed E-state index contributed by atoms with van der Waals surface area (Å²) in [5.41, 5.74) is 16.1. The second kappa shape index (κ2) is 19.2. The standard InChI is InChI=1S/C52H41N11O11P2/c53-52-61-50-49(51(65)62-52)56-27-63(50)44-25-42(74-75(66,67)68)43(72-44)26-71-76(69,70)73-31-13-9-29(10-14-31)46-35-16-15-34(57-35)45(28-7-11-30(64)12-8-28)36-17-19-38(58-36)47(32-5-1-3-23-54-32)40-21-22-41(60-40)48(33-6-2-4-24-55-33)39-20-18-37(46)59-39/h1-24,27,42-44,58-59,64H,25-26H2,(H,69,70)(H2,66,67,68)(H3,53,61,62,65)/t42-,43+,44+/m0/s1. The third-order valence-corrected chi connectivity index (χ3v) is 14.2. The van der Waals surface area contributed by atoms with Crippen molar-refractivity contribution in [1.82, 2.24) is 49.4 Å². The van der Waals surface area contributed by atoms with Crippen molar-refractivity contribution in [2.45, 2.75) is 24.9 Å². The molecule has 1 saturated heterocycles. The second-order valence-corrected chi connectivity index (χ2v) is 20.2. The number of nitrogens with two attached hydrogens (primary N) is 1. The Morgan fingerprint density at radius 3 is 1.71 bits per heavy atom. The van der Waals surface area contributed by atoms with Crippen molar-refractivity contribution in [3.63, 3.8) is 0 Å². The highest BCUT2D eigenvalue weighted by Gasteiger charge is 2.43. The minimum atomic E-state index is -5.11. The Morgan fingerprint density at radius 2 is 1.18 bits per heavy atom. The van der Waals surface area contributed by atoms with E-state index in [-0.39, 0.29) is 35.0 Å². The van der Waals surface area contributed by atoms with Crippen molar-refractivity contribution in [3.05, 3.63) is 161 Å². The van der Waals surface area contributed by atoms with E-state index in [4.69, 9.17) is 44.0 Å². The second-order valence-electron chi connectivity index (χ2n) is 17.6. The SMILES string of the molecule is Nc1nc2c(ncn2[C@H]2C[C@H](OP(=O)(O)O)[C@@H](COP(=O)(O)Oc3ccc(-c4c5nc(c(-c6ccc(O)cc6)c6ccc([nH]6)c(-c6ccccn6)c6nc(c(-c7ccccn7)c7ccc4[nH]7)C=C6)C=C5)cc3)O2)c(=O)[nH]1. The molecule has 0 spiro atoms. The third kappa shape index (κ3) is 9.53. The predicted molar refractivity (Wildman–Crippen MR) is 282 cm³/mol. The Hall–Kier alpha value is -8.69. The van der Waals surface area contributed by atoms with Gasteiger partial charge in [0.1, 0.15) is 29.9 Å². The minimum Gasteiger partial charge on any atom is -0.508 e. The molecule has 7 aromatic heterocycles. The molecule has 12 rings (SSSR count). The fourth-order valence-electron chi connectivity index (χ4n) is 9.47. The number of phosphoric ester groups is 2. The molecule has 4 atom stereocenters. The van der Waals surface area contributed by atoms with Crippen LogP contribution in [0.25, 0.3) is 102 Å². The van der Waals surface area contributed by atoms with Crippen molar-refractivity contribution in [3.8, 4) is 56.3 Å². The van der Waals surface area contributed by atoms with Gasteiger partial charge in [-0.25, -0.2) is 24.1 Å². The number of anilines is 1. The van der Waals surface area contributed by atoms with Crippen molar-refractivity contribution in [1.29, 1.82) is 0 Å². The minimum absolute atomic E-state index is 0.0254. The van der Waals surface area contributed by atoms with Crippen LogP contribution < -0.4 is 15.8 Å². The van der Waals surface area contributed by atoms with Gasteiger partial charge in [0.05, 0.1) is 58.1 Å². The quantitative estimate of drug-likeness (QED) is 0.0530. The lowest BCUT2D eigenvalue weighted by Gasteiger charge is -2.20. The van der Waals surface area contributed by atoms with E-state index in [0.717, 1.165) is 33.3 Å². The first-order chi connectivity index (χ1) is 36.7. The topological polar surface area (TPSA) is 325 Å². The van der Waals surface area contributed by atoms with E-state index < -0.39 is 46.2 Å². The molecule has 1 fully saturated rings. The lowest BCUT2D eigenvalue weighted by Crippen LogP contribution is -2.28. The van der Waals surface area contributed by atoms with Gasteiger partial charge in [-0.2, -0.15) is 4.98 Å².